The summed E-state index contributed by atoms with van der Waals surface area (Å²) in [5, 5.41) is 9.13. The molecule has 2 unspecified atom stereocenters. The Morgan fingerprint density at radius 2 is 2.25 bits per heavy atom. The van der Waals surface area contributed by atoms with Crippen molar-refractivity contribution >= 4 is 0 Å². The highest BCUT2D eigenvalue weighted by molar-refractivity contribution is 5.19. The maximum Gasteiger partial charge on any atom is 0.123 e. The molecule has 112 valence electrons. The summed E-state index contributed by atoms with van der Waals surface area (Å²) in [7, 11) is 0. The lowest BCUT2D eigenvalue weighted by Crippen LogP contribution is -2.41. The molecule has 20 heavy (non-hydrogen) atoms. The maximum atomic E-state index is 13.2. The first-order valence-corrected chi connectivity index (χ1v) is 7.56. The van der Waals surface area contributed by atoms with Gasteiger partial charge in [0, 0.05) is 25.2 Å². The molecule has 0 bridgehead atoms. The summed E-state index contributed by atoms with van der Waals surface area (Å²) in [6.07, 6.45) is 5.30. The van der Waals surface area contributed by atoms with E-state index in [0.717, 1.165) is 37.9 Å². The average molecular weight is 280 g/mol. The third-order valence-electron chi connectivity index (χ3n) is 4.22. The van der Waals surface area contributed by atoms with E-state index in [1.54, 1.807) is 6.07 Å². The van der Waals surface area contributed by atoms with Crippen molar-refractivity contribution in [1.29, 1.82) is 0 Å². The number of piperidine rings is 1. The fraction of sp³-hybridized carbons (Fsp3) is 0.625. The number of nitrogens with zero attached hydrogens (tertiary/aromatic N) is 1. The number of hydrogen-bond acceptors (Lipinski definition) is 3. The minimum absolute atomic E-state index is 0.123. The van der Waals surface area contributed by atoms with Crippen LogP contribution in [0.1, 0.15) is 43.7 Å². The topological polar surface area (TPSA) is 49.5 Å². The quantitative estimate of drug-likeness (QED) is 0.841. The zero-order chi connectivity index (χ0) is 14.4. The van der Waals surface area contributed by atoms with Gasteiger partial charge >= 0.3 is 0 Å². The molecule has 4 heteroatoms. The molecular formula is C16H25FN2O. The smallest absolute Gasteiger partial charge is 0.123 e. The highest BCUT2D eigenvalue weighted by Crippen LogP contribution is 2.22. The normalized spacial score (nSPS) is 21.9. The van der Waals surface area contributed by atoms with Crippen molar-refractivity contribution in [3.63, 3.8) is 0 Å². The average Bonchev–Trinajstić information content (AvgIpc) is 2.46. The van der Waals surface area contributed by atoms with Gasteiger partial charge in [-0.15, -0.1) is 0 Å². The third kappa shape index (κ3) is 4.27. The zero-order valence-corrected chi connectivity index (χ0v) is 12.0. The van der Waals surface area contributed by atoms with Crippen molar-refractivity contribution in [2.45, 2.75) is 44.2 Å². The van der Waals surface area contributed by atoms with Gasteiger partial charge in [-0.05, 0) is 49.9 Å². The number of aliphatic hydroxyl groups excluding tert-OH is 1. The molecule has 1 aromatic rings. The van der Waals surface area contributed by atoms with Crippen molar-refractivity contribution in [2.24, 2.45) is 5.73 Å². The summed E-state index contributed by atoms with van der Waals surface area (Å²) in [6.45, 7) is 2.25. The van der Waals surface area contributed by atoms with Gasteiger partial charge in [0.1, 0.15) is 5.82 Å². The number of rotatable bonds is 6. The molecule has 1 aliphatic heterocycles. The van der Waals surface area contributed by atoms with Crippen molar-refractivity contribution in [3.05, 3.63) is 35.6 Å². The second-order valence-electron chi connectivity index (χ2n) is 5.65. The van der Waals surface area contributed by atoms with Gasteiger partial charge in [-0.1, -0.05) is 18.6 Å². The van der Waals surface area contributed by atoms with Crippen LogP contribution in [0.4, 0.5) is 4.39 Å². The van der Waals surface area contributed by atoms with Crippen LogP contribution in [0.5, 0.6) is 0 Å². The minimum Gasteiger partial charge on any atom is -0.396 e. The third-order valence-corrected chi connectivity index (χ3v) is 4.22. The lowest BCUT2D eigenvalue weighted by molar-refractivity contribution is 0.116. The molecule has 3 nitrogen and oxygen atoms in total. The van der Waals surface area contributed by atoms with E-state index in [9.17, 15) is 4.39 Å². The standard InChI is InChI=1S/C16H25FN2O/c17-14-5-3-4-13(12-14)16(18)7-10-19-9-2-1-6-15(19)8-11-20/h3-5,12,15-16,20H,1-2,6-11,18H2. The molecule has 1 saturated heterocycles. The van der Waals surface area contributed by atoms with E-state index in [-0.39, 0.29) is 18.5 Å². The largest absolute Gasteiger partial charge is 0.396 e. The highest BCUT2D eigenvalue weighted by atomic mass is 19.1. The molecule has 1 aliphatic rings. The monoisotopic (exact) mass is 280 g/mol. The molecule has 1 heterocycles. The van der Waals surface area contributed by atoms with E-state index >= 15 is 0 Å². The van der Waals surface area contributed by atoms with Crippen LogP contribution in [0.2, 0.25) is 0 Å². The predicted molar refractivity (Wildman–Crippen MR) is 78.9 cm³/mol. The Kier molecular flexibility index (Phi) is 5.95. The molecule has 0 spiro atoms. The summed E-state index contributed by atoms with van der Waals surface area (Å²) in [5.41, 5.74) is 7.02. The number of aliphatic hydroxyl groups is 1. The van der Waals surface area contributed by atoms with Crippen LogP contribution in [-0.4, -0.2) is 35.7 Å². The first-order valence-electron chi connectivity index (χ1n) is 7.56. The first-order chi connectivity index (χ1) is 9.70. The molecule has 2 atom stereocenters. The predicted octanol–water partition coefficient (Wildman–Crippen LogP) is 2.45. The van der Waals surface area contributed by atoms with E-state index in [4.69, 9.17) is 10.8 Å². The zero-order valence-electron chi connectivity index (χ0n) is 12.0. The van der Waals surface area contributed by atoms with Crippen molar-refractivity contribution in [1.82, 2.24) is 4.90 Å². The Morgan fingerprint density at radius 1 is 1.40 bits per heavy atom. The molecule has 0 aliphatic carbocycles. The molecule has 2 rings (SSSR count). The van der Waals surface area contributed by atoms with Crippen LogP contribution >= 0.6 is 0 Å². The van der Waals surface area contributed by atoms with Gasteiger partial charge in [0.25, 0.3) is 0 Å². The number of nitrogens with two attached hydrogens (primary N) is 1. The minimum atomic E-state index is -0.228. The summed E-state index contributed by atoms with van der Waals surface area (Å²) < 4.78 is 13.2. The van der Waals surface area contributed by atoms with Gasteiger partial charge < -0.3 is 15.7 Å². The molecular weight excluding hydrogens is 255 g/mol. The van der Waals surface area contributed by atoms with Crippen LogP contribution in [0.25, 0.3) is 0 Å². The van der Waals surface area contributed by atoms with Crippen LogP contribution in [-0.2, 0) is 0 Å². The number of halogens is 1. The lowest BCUT2D eigenvalue weighted by atomic mass is 9.98. The summed E-state index contributed by atoms with van der Waals surface area (Å²) in [4.78, 5) is 2.43. The fourth-order valence-corrected chi connectivity index (χ4v) is 3.04. The van der Waals surface area contributed by atoms with E-state index in [1.165, 1.54) is 25.0 Å². The lowest BCUT2D eigenvalue weighted by Gasteiger charge is -2.36. The van der Waals surface area contributed by atoms with E-state index < -0.39 is 0 Å². The molecule has 0 aromatic heterocycles. The number of hydrogen-bond donors (Lipinski definition) is 2. The van der Waals surface area contributed by atoms with E-state index in [1.807, 2.05) is 6.07 Å². The summed E-state index contributed by atoms with van der Waals surface area (Å²) >= 11 is 0. The SMILES string of the molecule is NC(CCN1CCCCC1CCO)c1cccc(F)c1. The summed E-state index contributed by atoms with van der Waals surface area (Å²) in [6, 6.07) is 6.91. The van der Waals surface area contributed by atoms with Crippen molar-refractivity contribution < 1.29 is 9.50 Å². The number of benzene rings is 1. The van der Waals surface area contributed by atoms with Gasteiger partial charge in [-0.2, -0.15) is 0 Å². The van der Waals surface area contributed by atoms with Gasteiger partial charge in [-0.3, -0.25) is 0 Å². The van der Waals surface area contributed by atoms with E-state index in [0.29, 0.717) is 6.04 Å². The second-order valence-corrected chi connectivity index (χ2v) is 5.65. The van der Waals surface area contributed by atoms with Crippen LogP contribution < -0.4 is 5.73 Å². The van der Waals surface area contributed by atoms with Crippen molar-refractivity contribution in [2.75, 3.05) is 19.7 Å². The molecule has 1 aromatic carbocycles. The Bertz CT molecular complexity index is 411. The second kappa shape index (κ2) is 7.72. The van der Waals surface area contributed by atoms with Gasteiger partial charge in [0.2, 0.25) is 0 Å². The fourth-order valence-electron chi connectivity index (χ4n) is 3.04. The van der Waals surface area contributed by atoms with Crippen molar-refractivity contribution in [3.8, 4) is 0 Å². The molecule has 1 fully saturated rings. The summed E-state index contributed by atoms with van der Waals surface area (Å²) in [5.74, 6) is -0.228. The Labute approximate surface area is 120 Å². The van der Waals surface area contributed by atoms with Crippen LogP contribution in [0.15, 0.2) is 24.3 Å². The first kappa shape index (κ1) is 15.4. The highest BCUT2D eigenvalue weighted by Gasteiger charge is 2.22. The molecule has 0 amide bonds. The Hall–Kier alpha value is -0.970. The Balaban J connectivity index is 1.86. The maximum absolute atomic E-state index is 13.2. The molecule has 3 N–H and O–H groups in total. The van der Waals surface area contributed by atoms with Gasteiger partial charge in [0.05, 0.1) is 0 Å². The molecule has 0 radical (unpaired) electrons. The van der Waals surface area contributed by atoms with Crippen LogP contribution in [0, 0.1) is 5.82 Å². The number of likely N-dealkylation sites (tertiary alicyclic amines) is 1. The molecule has 0 saturated carbocycles. The van der Waals surface area contributed by atoms with Gasteiger partial charge in [-0.25, -0.2) is 4.39 Å². The van der Waals surface area contributed by atoms with Crippen LogP contribution in [0.3, 0.4) is 0 Å². The van der Waals surface area contributed by atoms with Gasteiger partial charge in [0.15, 0.2) is 0 Å². The Morgan fingerprint density at radius 3 is 3.00 bits per heavy atom. The van der Waals surface area contributed by atoms with E-state index in [2.05, 4.69) is 4.90 Å².